The summed E-state index contributed by atoms with van der Waals surface area (Å²) in [5.74, 6) is 5.30. The molecular formula is C12H13NO2. The Hall–Kier alpha value is -1.95. The lowest BCUT2D eigenvalue weighted by atomic mass is 10.1. The second kappa shape index (κ2) is 5.06. The fourth-order valence-electron chi connectivity index (χ4n) is 1.06. The van der Waals surface area contributed by atoms with Crippen molar-refractivity contribution in [2.24, 2.45) is 0 Å². The number of benzene rings is 1. The van der Waals surface area contributed by atoms with E-state index in [0.717, 1.165) is 11.1 Å². The minimum atomic E-state index is -0.330. The number of nitrogens with two attached hydrogens (primary N) is 1. The van der Waals surface area contributed by atoms with Crippen LogP contribution >= 0.6 is 0 Å². The molecule has 1 aromatic rings. The average molecular weight is 203 g/mol. The first-order valence-electron chi connectivity index (χ1n) is 4.55. The summed E-state index contributed by atoms with van der Waals surface area (Å²) in [4.78, 5) is 10.8. The zero-order valence-electron chi connectivity index (χ0n) is 8.83. The zero-order chi connectivity index (χ0) is 11.3. The van der Waals surface area contributed by atoms with Crippen LogP contribution in [0.2, 0.25) is 0 Å². The molecule has 0 saturated heterocycles. The number of carbonyl (C=O) groups excluding carboxylic acids is 1. The SMILES string of the molecule is COC(=O)CC#Cc1cc(N)ccc1C. The molecule has 3 heteroatoms. The molecule has 0 radical (unpaired) electrons. The molecule has 0 heterocycles. The molecular weight excluding hydrogens is 190 g/mol. The van der Waals surface area contributed by atoms with Crippen LogP contribution in [0.4, 0.5) is 5.69 Å². The normalized spacial score (nSPS) is 8.93. The van der Waals surface area contributed by atoms with E-state index in [1.807, 2.05) is 19.1 Å². The van der Waals surface area contributed by atoms with Gasteiger partial charge in [-0.05, 0) is 24.6 Å². The maximum Gasteiger partial charge on any atom is 0.317 e. The molecule has 2 N–H and O–H groups in total. The minimum absolute atomic E-state index is 0.102. The minimum Gasteiger partial charge on any atom is -0.468 e. The number of hydrogen-bond acceptors (Lipinski definition) is 3. The van der Waals surface area contributed by atoms with Gasteiger partial charge in [0.05, 0.1) is 7.11 Å². The number of methoxy groups -OCH3 is 1. The molecule has 3 nitrogen and oxygen atoms in total. The van der Waals surface area contributed by atoms with E-state index in [-0.39, 0.29) is 12.4 Å². The summed E-state index contributed by atoms with van der Waals surface area (Å²) in [5, 5.41) is 0. The van der Waals surface area contributed by atoms with Crippen LogP contribution in [0.15, 0.2) is 18.2 Å². The fraction of sp³-hybridized carbons (Fsp3) is 0.250. The van der Waals surface area contributed by atoms with Gasteiger partial charge in [-0.1, -0.05) is 17.9 Å². The highest BCUT2D eigenvalue weighted by atomic mass is 16.5. The third-order valence-corrected chi connectivity index (χ3v) is 1.95. The summed E-state index contributed by atoms with van der Waals surface area (Å²) in [6.07, 6.45) is 0.102. The number of nitrogen functional groups attached to an aromatic ring is 1. The molecule has 0 bridgehead atoms. The maximum absolute atomic E-state index is 10.8. The van der Waals surface area contributed by atoms with E-state index in [9.17, 15) is 4.79 Å². The topological polar surface area (TPSA) is 52.3 Å². The standard InChI is InChI=1S/C12H13NO2/c1-9-6-7-11(13)8-10(9)4-3-5-12(14)15-2/h6-8H,5,13H2,1-2H3. The molecule has 0 fully saturated rings. The van der Waals surface area contributed by atoms with Crippen LogP contribution < -0.4 is 5.73 Å². The highest BCUT2D eigenvalue weighted by Crippen LogP contribution is 2.10. The van der Waals surface area contributed by atoms with E-state index in [4.69, 9.17) is 5.73 Å². The summed E-state index contributed by atoms with van der Waals surface area (Å²) in [7, 11) is 1.34. The van der Waals surface area contributed by atoms with Crippen LogP contribution in [0, 0.1) is 18.8 Å². The van der Waals surface area contributed by atoms with Crippen molar-refractivity contribution in [2.75, 3.05) is 12.8 Å². The molecule has 0 aliphatic rings. The van der Waals surface area contributed by atoms with Crippen LogP contribution in [0.1, 0.15) is 17.5 Å². The third kappa shape index (κ3) is 3.35. The van der Waals surface area contributed by atoms with Crippen LogP contribution in [0.5, 0.6) is 0 Å². The van der Waals surface area contributed by atoms with E-state index in [0.29, 0.717) is 5.69 Å². The number of hydrogen-bond donors (Lipinski definition) is 1. The predicted molar refractivity (Wildman–Crippen MR) is 59.1 cm³/mol. The highest BCUT2D eigenvalue weighted by molar-refractivity contribution is 5.72. The van der Waals surface area contributed by atoms with Crippen LogP contribution in [-0.2, 0) is 9.53 Å². The van der Waals surface area contributed by atoms with E-state index in [2.05, 4.69) is 16.6 Å². The number of carbonyl (C=O) groups is 1. The van der Waals surface area contributed by atoms with Crippen molar-refractivity contribution < 1.29 is 9.53 Å². The van der Waals surface area contributed by atoms with Crippen molar-refractivity contribution in [3.63, 3.8) is 0 Å². The summed E-state index contributed by atoms with van der Waals surface area (Å²) < 4.78 is 4.48. The average Bonchev–Trinajstić information content (AvgIpc) is 2.23. The van der Waals surface area contributed by atoms with Gasteiger partial charge in [0.2, 0.25) is 0 Å². The van der Waals surface area contributed by atoms with Crippen molar-refractivity contribution >= 4 is 11.7 Å². The third-order valence-electron chi connectivity index (χ3n) is 1.95. The van der Waals surface area contributed by atoms with Crippen LogP contribution in [0.25, 0.3) is 0 Å². The molecule has 0 spiro atoms. The Labute approximate surface area is 89.2 Å². The number of anilines is 1. The predicted octanol–water partition coefficient (Wildman–Crippen LogP) is 1.49. The van der Waals surface area contributed by atoms with Crippen molar-refractivity contribution in [1.29, 1.82) is 0 Å². The maximum atomic E-state index is 10.8. The molecule has 1 rings (SSSR count). The van der Waals surface area contributed by atoms with Gasteiger partial charge in [0.25, 0.3) is 0 Å². The van der Waals surface area contributed by atoms with E-state index in [1.165, 1.54) is 7.11 Å². The van der Waals surface area contributed by atoms with Crippen molar-refractivity contribution in [1.82, 2.24) is 0 Å². The van der Waals surface area contributed by atoms with E-state index < -0.39 is 0 Å². The molecule has 1 aromatic carbocycles. The van der Waals surface area contributed by atoms with Crippen LogP contribution in [0.3, 0.4) is 0 Å². The second-order valence-corrected chi connectivity index (χ2v) is 3.13. The summed E-state index contributed by atoms with van der Waals surface area (Å²) in [5.41, 5.74) is 8.18. The van der Waals surface area contributed by atoms with Gasteiger partial charge >= 0.3 is 5.97 Å². The molecule has 0 aromatic heterocycles. The van der Waals surface area contributed by atoms with Crippen LogP contribution in [-0.4, -0.2) is 13.1 Å². The molecule has 0 amide bonds. The van der Waals surface area contributed by atoms with Gasteiger partial charge in [-0.3, -0.25) is 4.79 Å². The van der Waals surface area contributed by atoms with Gasteiger partial charge in [-0.15, -0.1) is 0 Å². The first-order chi connectivity index (χ1) is 7.13. The van der Waals surface area contributed by atoms with Gasteiger partial charge in [0, 0.05) is 11.3 Å². The lowest BCUT2D eigenvalue weighted by molar-refractivity contribution is -0.139. The number of aryl methyl sites for hydroxylation is 1. The quantitative estimate of drug-likeness (QED) is 0.427. The molecule has 0 aliphatic carbocycles. The Balaban J connectivity index is 2.79. The van der Waals surface area contributed by atoms with Crippen molar-refractivity contribution in [3.8, 4) is 11.8 Å². The largest absolute Gasteiger partial charge is 0.468 e. The molecule has 0 unspecified atom stereocenters. The highest BCUT2D eigenvalue weighted by Gasteiger charge is 1.96. The zero-order valence-corrected chi connectivity index (χ0v) is 8.83. The molecule has 78 valence electrons. The Bertz CT molecular complexity index is 427. The Morgan fingerprint density at radius 2 is 2.27 bits per heavy atom. The molecule has 0 aliphatic heterocycles. The monoisotopic (exact) mass is 203 g/mol. The smallest absolute Gasteiger partial charge is 0.317 e. The number of esters is 1. The Kier molecular flexibility index (Phi) is 3.75. The van der Waals surface area contributed by atoms with Crippen molar-refractivity contribution in [2.45, 2.75) is 13.3 Å². The van der Waals surface area contributed by atoms with Gasteiger partial charge in [-0.2, -0.15) is 0 Å². The lowest BCUT2D eigenvalue weighted by Gasteiger charge is -1.98. The van der Waals surface area contributed by atoms with Crippen molar-refractivity contribution in [3.05, 3.63) is 29.3 Å². The summed E-state index contributed by atoms with van der Waals surface area (Å²) in [6.45, 7) is 1.95. The molecule has 0 saturated carbocycles. The number of rotatable bonds is 1. The Morgan fingerprint density at radius 3 is 2.93 bits per heavy atom. The van der Waals surface area contributed by atoms with E-state index >= 15 is 0 Å². The van der Waals surface area contributed by atoms with Gasteiger partial charge in [0.15, 0.2) is 0 Å². The fourth-order valence-corrected chi connectivity index (χ4v) is 1.06. The summed E-state index contributed by atoms with van der Waals surface area (Å²) in [6, 6.07) is 5.51. The number of ether oxygens (including phenoxy) is 1. The lowest BCUT2D eigenvalue weighted by Crippen LogP contribution is -1.97. The first kappa shape index (κ1) is 11.1. The first-order valence-corrected chi connectivity index (χ1v) is 4.55. The van der Waals surface area contributed by atoms with Gasteiger partial charge in [-0.25, -0.2) is 0 Å². The summed E-state index contributed by atoms with van der Waals surface area (Å²) >= 11 is 0. The second-order valence-electron chi connectivity index (χ2n) is 3.13. The molecule has 15 heavy (non-hydrogen) atoms. The van der Waals surface area contributed by atoms with E-state index in [1.54, 1.807) is 6.07 Å². The Morgan fingerprint density at radius 1 is 1.53 bits per heavy atom. The molecule has 0 atom stereocenters. The van der Waals surface area contributed by atoms with Gasteiger partial charge in [0.1, 0.15) is 6.42 Å². The van der Waals surface area contributed by atoms with Gasteiger partial charge < -0.3 is 10.5 Å².